The van der Waals surface area contributed by atoms with Crippen LogP contribution >= 0.6 is 0 Å². The van der Waals surface area contributed by atoms with Crippen LogP contribution in [-0.2, 0) is 7.05 Å². The average Bonchev–Trinajstić information content (AvgIpc) is 2.47. The Morgan fingerprint density at radius 2 is 2.29 bits per heavy atom. The number of hydrogen-bond donors (Lipinski definition) is 2. The molecule has 1 fully saturated rings. The van der Waals surface area contributed by atoms with Crippen LogP contribution in [0.3, 0.4) is 0 Å². The number of nitrogens with zero attached hydrogens (tertiary/aromatic N) is 3. The van der Waals surface area contributed by atoms with E-state index in [0.29, 0.717) is 18.1 Å². The molecule has 0 saturated heterocycles. The summed E-state index contributed by atoms with van der Waals surface area (Å²) in [6.07, 6.45) is 2.49. The summed E-state index contributed by atoms with van der Waals surface area (Å²) in [7, 11) is 1.65. The molecule has 1 aliphatic carbocycles. The van der Waals surface area contributed by atoms with Crippen molar-refractivity contribution < 1.29 is 10.0 Å². The molecule has 1 aromatic heterocycles. The average molecular weight is 240 g/mol. The fourth-order valence-corrected chi connectivity index (χ4v) is 2.07. The van der Waals surface area contributed by atoms with Gasteiger partial charge >= 0.3 is 5.69 Å². The van der Waals surface area contributed by atoms with Crippen molar-refractivity contribution in [3.63, 3.8) is 0 Å². The number of nitrogens with one attached hydrogen (secondary N) is 1. The number of rotatable bonds is 4. The lowest BCUT2D eigenvalue weighted by Gasteiger charge is -2.36. The fraction of sp³-hybridized carbons (Fsp3) is 0.700. The number of hydrogen-bond acceptors (Lipinski definition) is 5. The van der Waals surface area contributed by atoms with E-state index in [2.05, 4.69) is 10.4 Å². The zero-order valence-electron chi connectivity index (χ0n) is 9.93. The predicted molar refractivity (Wildman–Crippen MR) is 61.9 cm³/mol. The first-order valence-electron chi connectivity index (χ1n) is 5.57. The molecule has 0 radical (unpaired) electrons. The number of aromatic nitrogens is 2. The number of nitro groups is 1. The van der Waals surface area contributed by atoms with Crippen LogP contribution in [0.5, 0.6) is 0 Å². The summed E-state index contributed by atoms with van der Waals surface area (Å²) in [5, 5.41) is 27.8. The minimum atomic E-state index is -0.716. The molecule has 1 saturated carbocycles. The van der Waals surface area contributed by atoms with Crippen LogP contribution in [0.4, 0.5) is 11.5 Å². The Labute approximate surface area is 98.6 Å². The summed E-state index contributed by atoms with van der Waals surface area (Å²) in [5.74, 6) is 0.354. The molecule has 0 aliphatic heterocycles. The molecule has 1 aliphatic rings. The summed E-state index contributed by atoms with van der Waals surface area (Å²) in [4.78, 5) is 10.5. The molecule has 94 valence electrons. The highest BCUT2D eigenvalue weighted by molar-refractivity contribution is 5.59. The van der Waals surface area contributed by atoms with Crippen LogP contribution in [0.2, 0.25) is 0 Å². The summed E-state index contributed by atoms with van der Waals surface area (Å²) in [5.41, 5.74) is -0.359. The molecule has 0 aromatic carbocycles. The first-order valence-corrected chi connectivity index (χ1v) is 5.57. The Balaban J connectivity index is 2.17. The molecule has 1 heterocycles. The zero-order valence-corrected chi connectivity index (χ0v) is 9.93. The molecule has 0 bridgehead atoms. The Kier molecular flexibility index (Phi) is 2.78. The Hall–Kier alpha value is -1.63. The van der Waals surface area contributed by atoms with Gasteiger partial charge in [-0.1, -0.05) is 0 Å². The third kappa shape index (κ3) is 2.10. The van der Waals surface area contributed by atoms with Crippen molar-refractivity contribution in [3.8, 4) is 0 Å². The summed E-state index contributed by atoms with van der Waals surface area (Å²) in [6, 6.07) is 0. The predicted octanol–water partition coefficient (Wildman–Crippen LogP) is 0.964. The van der Waals surface area contributed by atoms with Crippen LogP contribution in [0.15, 0.2) is 0 Å². The van der Waals surface area contributed by atoms with Crippen molar-refractivity contribution in [2.75, 3.05) is 11.9 Å². The maximum atomic E-state index is 10.9. The lowest BCUT2D eigenvalue weighted by atomic mass is 9.80. The van der Waals surface area contributed by atoms with E-state index < -0.39 is 10.5 Å². The largest absolute Gasteiger partial charge is 0.388 e. The second-order valence-corrected chi connectivity index (χ2v) is 4.59. The highest BCUT2D eigenvalue weighted by atomic mass is 16.6. The quantitative estimate of drug-likeness (QED) is 0.604. The van der Waals surface area contributed by atoms with Crippen molar-refractivity contribution in [1.29, 1.82) is 0 Å². The number of anilines is 1. The van der Waals surface area contributed by atoms with Gasteiger partial charge in [-0.15, -0.1) is 0 Å². The molecule has 7 nitrogen and oxygen atoms in total. The van der Waals surface area contributed by atoms with Gasteiger partial charge in [0.15, 0.2) is 0 Å². The summed E-state index contributed by atoms with van der Waals surface area (Å²) in [6.45, 7) is 1.92. The van der Waals surface area contributed by atoms with E-state index in [4.69, 9.17) is 0 Å². The van der Waals surface area contributed by atoms with Crippen molar-refractivity contribution in [1.82, 2.24) is 9.78 Å². The van der Waals surface area contributed by atoms with Crippen molar-refractivity contribution in [2.45, 2.75) is 31.8 Å². The van der Waals surface area contributed by atoms with Crippen LogP contribution in [0.25, 0.3) is 0 Å². The van der Waals surface area contributed by atoms with E-state index in [0.717, 1.165) is 19.3 Å². The minimum Gasteiger partial charge on any atom is -0.388 e. The third-order valence-corrected chi connectivity index (χ3v) is 3.24. The van der Waals surface area contributed by atoms with Crippen molar-refractivity contribution in [3.05, 3.63) is 15.8 Å². The second kappa shape index (κ2) is 3.99. The zero-order chi connectivity index (χ0) is 12.6. The Morgan fingerprint density at radius 1 is 1.65 bits per heavy atom. The van der Waals surface area contributed by atoms with Gasteiger partial charge in [-0.25, -0.2) is 4.68 Å². The van der Waals surface area contributed by atoms with E-state index in [1.165, 1.54) is 4.68 Å². The molecule has 2 rings (SSSR count). The highest BCUT2D eigenvalue weighted by Crippen LogP contribution is 2.33. The van der Waals surface area contributed by atoms with Gasteiger partial charge < -0.3 is 10.4 Å². The Morgan fingerprint density at radius 3 is 2.76 bits per heavy atom. The third-order valence-electron chi connectivity index (χ3n) is 3.24. The van der Waals surface area contributed by atoms with Gasteiger partial charge in [0, 0.05) is 13.6 Å². The minimum absolute atomic E-state index is 0.0181. The highest BCUT2D eigenvalue weighted by Gasteiger charge is 2.35. The van der Waals surface area contributed by atoms with Crippen LogP contribution in [-0.4, -0.2) is 32.0 Å². The lowest BCUT2D eigenvalue weighted by Crippen LogP contribution is -2.43. The molecule has 1 aromatic rings. The van der Waals surface area contributed by atoms with E-state index in [9.17, 15) is 15.2 Å². The molecule has 0 spiro atoms. The van der Waals surface area contributed by atoms with Gasteiger partial charge in [0.2, 0.25) is 5.82 Å². The van der Waals surface area contributed by atoms with Gasteiger partial charge in [0.25, 0.3) is 0 Å². The monoisotopic (exact) mass is 240 g/mol. The maximum absolute atomic E-state index is 10.9. The van der Waals surface area contributed by atoms with Gasteiger partial charge in [0.05, 0.1) is 10.5 Å². The molecular formula is C10H16N4O3. The Bertz CT molecular complexity index is 451. The summed E-state index contributed by atoms with van der Waals surface area (Å²) >= 11 is 0. The summed E-state index contributed by atoms with van der Waals surface area (Å²) < 4.78 is 1.44. The first-order chi connectivity index (χ1) is 7.93. The van der Waals surface area contributed by atoms with E-state index >= 15 is 0 Å². The van der Waals surface area contributed by atoms with Gasteiger partial charge in [-0.2, -0.15) is 5.10 Å². The molecule has 0 atom stereocenters. The molecule has 0 amide bonds. The SMILES string of the molecule is Cc1nn(C)c(NCC2(O)CCC2)c1[N+](=O)[O-]. The lowest BCUT2D eigenvalue weighted by molar-refractivity contribution is -0.384. The van der Waals surface area contributed by atoms with Crippen LogP contribution in [0, 0.1) is 17.0 Å². The van der Waals surface area contributed by atoms with E-state index in [1.807, 2.05) is 0 Å². The van der Waals surface area contributed by atoms with Crippen LogP contribution < -0.4 is 5.32 Å². The molecule has 17 heavy (non-hydrogen) atoms. The van der Waals surface area contributed by atoms with Crippen LogP contribution in [0.1, 0.15) is 25.0 Å². The van der Waals surface area contributed by atoms with Gasteiger partial charge in [0.1, 0.15) is 5.69 Å². The van der Waals surface area contributed by atoms with Crippen molar-refractivity contribution in [2.24, 2.45) is 7.05 Å². The van der Waals surface area contributed by atoms with Gasteiger partial charge in [-0.05, 0) is 26.2 Å². The molecule has 2 N–H and O–H groups in total. The normalized spacial score (nSPS) is 17.6. The number of aliphatic hydroxyl groups is 1. The molecule has 7 heteroatoms. The van der Waals surface area contributed by atoms with Crippen molar-refractivity contribution >= 4 is 11.5 Å². The molecular weight excluding hydrogens is 224 g/mol. The second-order valence-electron chi connectivity index (χ2n) is 4.59. The van der Waals surface area contributed by atoms with E-state index in [1.54, 1.807) is 14.0 Å². The maximum Gasteiger partial charge on any atom is 0.333 e. The smallest absolute Gasteiger partial charge is 0.333 e. The van der Waals surface area contributed by atoms with Gasteiger partial charge in [-0.3, -0.25) is 10.1 Å². The fourth-order valence-electron chi connectivity index (χ4n) is 2.07. The standard InChI is InChI=1S/C10H16N4O3/c1-7-8(14(16)17)9(13(2)12-7)11-6-10(15)4-3-5-10/h11,15H,3-6H2,1-2H3. The molecule has 0 unspecified atom stereocenters. The first kappa shape index (κ1) is 11.8. The number of aryl methyl sites for hydroxylation is 2. The van der Waals surface area contributed by atoms with E-state index in [-0.39, 0.29) is 5.69 Å². The topological polar surface area (TPSA) is 93.2 Å².